The zero-order valence-electron chi connectivity index (χ0n) is 10.8. The highest BCUT2D eigenvalue weighted by atomic mass is 35.5. The summed E-state index contributed by atoms with van der Waals surface area (Å²) in [4.78, 5) is 0. The Bertz CT molecular complexity index is 596. The SMILES string of the molecule is CNC(Cc1ccc(F)cc1Cl)c1cc(F)cc(F)c1. The van der Waals surface area contributed by atoms with Gasteiger partial charge in [-0.15, -0.1) is 0 Å². The third-order valence-corrected chi connectivity index (χ3v) is 3.43. The molecule has 0 aliphatic carbocycles. The lowest BCUT2D eigenvalue weighted by atomic mass is 9.98. The van der Waals surface area contributed by atoms with E-state index in [0.29, 0.717) is 22.6 Å². The van der Waals surface area contributed by atoms with Gasteiger partial charge in [0, 0.05) is 17.1 Å². The third-order valence-electron chi connectivity index (χ3n) is 3.07. The molecule has 2 aromatic rings. The Kier molecular flexibility index (Phi) is 4.68. The van der Waals surface area contributed by atoms with Gasteiger partial charge in [-0.2, -0.15) is 0 Å². The Morgan fingerprint density at radius 3 is 2.20 bits per heavy atom. The van der Waals surface area contributed by atoms with Crippen LogP contribution in [-0.4, -0.2) is 7.05 Å². The van der Waals surface area contributed by atoms with Crippen LogP contribution in [-0.2, 0) is 6.42 Å². The molecule has 0 amide bonds. The number of hydrogen-bond acceptors (Lipinski definition) is 1. The highest BCUT2D eigenvalue weighted by Gasteiger charge is 2.14. The smallest absolute Gasteiger partial charge is 0.126 e. The van der Waals surface area contributed by atoms with Crippen LogP contribution in [0.4, 0.5) is 13.2 Å². The van der Waals surface area contributed by atoms with Gasteiger partial charge in [-0.05, 0) is 48.9 Å². The van der Waals surface area contributed by atoms with Crippen molar-refractivity contribution in [3.8, 4) is 0 Å². The normalized spacial score (nSPS) is 12.4. The van der Waals surface area contributed by atoms with Crippen molar-refractivity contribution in [2.75, 3.05) is 7.05 Å². The minimum atomic E-state index is -0.634. The van der Waals surface area contributed by atoms with Crippen molar-refractivity contribution in [1.82, 2.24) is 5.32 Å². The van der Waals surface area contributed by atoms with E-state index in [2.05, 4.69) is 5.32 Å². The first kappa shape index (κ1) is 14.9. The van der Waals surface area contributed by atoms with E-state index in [1.54, 1.807) is 13.1 Å². The van der Waals surface area contributed by atoms with Crippen LogP contribution in [0.2, 0.25) is 5.02 Å². The topological polar surface area (TPSA) is 12.0 Å². The fourth-order valence-electron chi connectivity index (χ4n) is 2.07. The molecule has 0 fully saturated rings. The van der Waals surface area contributed by atoms with E-state index < -0.39 is 17.5 Å². The predicted octanol–water partition coefficient (Wildman–Crippen LogP) is 4.26. The summed E-state index contributed by atoms with van der Waals surface area (Å²) in [6.45, 7) is 0. The van der Waals surface area contributed by atoms with Crippen molar-refractivity contribution in [2.45, 2.75) is 12.5 Å². The van der Waals surface area contributed by atoms with Crippen molar-refractivity contribution in [2.24, 2.45) is 0 Å². The van der Waals surface area contributed by atoms with E-state index in [4.69, 9.17) is 11.6 Å². The van der Waals surface area contributed by atoms with Crippen LogP contribution in [0.5, 0.6) is 0 Å². The van der Waals surface area contributed by atoms with Gasteiger partial charge in [0.1, 0.15) is 17.5 Å². The number of hydrogen-bond donors (Lipinski definition) is 1. The summed E-state index contributed by atoms with van der Waals surface area (Å²) in [5, 5.41) is 3.27. The van der Waals surface area contributed by atoms with Crippen LogP contribution in [0.1, 0.15) is 17.2 Å². The molecule has 1 N–H and O–H groups in total. The monoisotopic (exact) mass is 299 g/mol. The number of rotatable bonds is 4. The zero-order valence-corrected chi connectivity index (χ0v) is 11.5. The second-order valence-electron chi connectivity index (χ2n) is 4.48. The van der Waals surface area contributed by atoms with Gasteiger partial charge in [-0.25, -0.2) is 13.2 Å². The molecule has 1 nitrogen and oxygen atoms in total. The number of likely N-dealkylation sites (N-methyl/N-ethyl adjacent to an activating group) is 1. The van der Waals surface area contributed by atoms with Crippen LogP contribution in [0.15, 0.2) is 36.4 Å². The summed E-state index contributed by atoms with van der Waals surface area (Å²) in [5.74, 6) is -1.69. The van der Waals surface area contributed by atoms with Crippen LogP contribution >= 0.6 is 11.6 Å². The summed E-state index contributed by atoms with van der Waals surface area (Å²) in [5.41, 5.74) is 1.18. The Morgan fingerprint density at radius 2 is 1.65 bits per heavy atom. The maximum absolute atomic E-state index is 13.3. The lowest BCUT2D eigenvalue weighted by Gasteiger charge is -2.18. The highest BCUT2D eigenvalue weighted by Crippen LogP contribution is 2.25. The second kappa shape index (κ2) is 6.29. The average molecular weight is 300 g/mol. The molecular weight excluding hydrogens is 287 g/mol. The van der Waals surface area contributed by atoms with E-state index in [9.17, 15) is 13.2 Å². The molecule has 0 aliphatic rings. The Balaban J connectivity index is 2.28. The van der Waals surface area contributed by atoms with Gasteiger partial charge < -0.3 is 5.32 Å². The van der Waals surface area contributed by atoms with E-state index in [0.717, 1.165) is 6.07 Å². The van der Waals surface area contributed by atoms with Crippen molar-refractivity contribution in [1.29, 1.82) is 0 Å². The molecule has 1 unspecified atom stereocenters. The summed E-state index contributed by atoms with van der Waals surface area (Å²) >= 11 is 5.96. The molecule has 0 saturated heterocycles. The fraction of sp³-hybridized carbons (Fsp3) is 0.200. The van der Waals surface area contributed by atoms with Gasteiger partial charge in [-0.1, -0.05) is 17.7 Å². The molecule has 0 aliphatic heterocycles. The molecule has 0 saturated carbocycles. The van der Waals surface area contributed by atoms with Gasteiger partial charge in [0.05, 0.1) is 0 Å². The molecule has 0 heterocycles. The van der Waals surface area contributed by atoms with Gasteiger partial charge >= 0.3 is 0 Å². The third kappa shape index (κ3) is 3.52. The molecule has 0 bridgehead atoms. The Labute approximate surface area is 120 Å². The molecule has 106 valence electrons. The second-order valence-corrected chi connectivity index (χ2v) is 4.89. The van der Waals surface area contributed by atoms with E-state index >= 15 is 0 Å². The molecule has 0 spiro atoms. The molecule has 20 heavy (non-hydrogen) atoms. The van der Waals surface area contributed by atoms with Crippen LogP contribution in [0.25, 0.3) is 0 Å². The molecule has 2 rings (SSSR count). The number of nitrogens with one attached hydrogen (secondary N) is 1. The van der Waals surface area contributed by atoms with E-state index in [1.807, 2.05) is 0 Å². The van der Waals surface area contributed by atoms with Gasteiger partial charge in [-0.3, -0.25) is 0 Å². The average Bonchev–Trinajstić information content (AvgIpc) is 2.36. The molecule has 5 heteroatoms. The van der Waals surface area contributed by atoms with E-state index in [-0.39, 0.29) is 6.04 Å². The predicted molar refractivity (Wildman–Crippen MR) is 73.3 cm³/mol. The molecule has 1 atom stereocenters. The lowest BCUT2D eigenvalue weighted by Crippen LogP contribution is -2.19. The zero-order chi connectivity index (χ0) is 14.7. The molecule has 0 radical (unpaired) electrons. The summed E-state index contributed by atoms with van der Waals surface area (Å²) < 4.78 is 39.5. The van der Waals surface area contributed by atoms with Crippen LogP contribution < -0.4 is 5.32 Å². The summed E-state index contributed by atoms with van der Waals surface area (Å²) in [6, 6.07) is 7.13. The highest BCUT2D eigenvalue weighted by molar-refractivity contribution is 6.31. The maximum atomic E-state index is 13.3. The quantitative estimate of drug-likeness (QED) is 0.889. The fourth-order valence-corrected chi connectivity index (χ4v) is 2.31. The van der Waals surface area contributed by atoms with Gasteiger partial charge in [0.15, 0.2) is 0 Å². The van der Waals surface area contributed by atoms with Crippen molar-refractivity contribution in [3.63, 3.8) is 0 Å². The van der Waals surface area contributed by atoms with Gasteiger partial charge in [0.2, 0.25) is 0 Å². The van der Waals surface area contributed by atoms with Crippen LogP contribution in [0, 0.1) is 17.5 Å². The largest absolute Gasteiger partial charge is 0.313 e. The van der Waals surface area contributed by atoms with Crippen molar-refractivity contribution < 1.29 is 13.2 Å². The number of benzene rings is 2. The first-order valence-corrected chi connectivity index (χ1v) is 6.44. The van der Waals surface area contributed by atoms with E-state index in [1.165, 1.54) is 24.3 Å². The Morgan fingerprint density at radius 1 is 1.00 bits per heavy atom. The Hall–Kier alpha value is -1.52. The minimum Gasteiger partial charge on any atom is -0.313 e. The molecule has 0 aromatic heterocycles. The minimum absolute atomic E-state index is 0.294. The first-order chi connectivity index (χ1) is 9.49. The standard InChI is InChI=1S/C15H13ClF3N/c1-20-15(10-4-12(18)7-13(19)5-10)6-9-2-3-11(17)8-14(9)16/h2-5,7-8,15,20H,6H2,1H3. The summed E-state index contributed by atoms with van der Waals surface area (Å²) in [7, 11) is 1.69. The summed E-state index contributed by atoms with van der Waals surface area (Å²) in [6.07, 6.45) is 0.401. The lowest BCUT2D eigenvalue weighted by molar-refractivity contribution is 0.551. The number of halogens is 4. The van der Waals surface area contributed by atoms with Crippen molar-refractivity contribution >= 4 is 11.6 Å². The molecular formula is C15H13ClF3N. The van der Waals surface area contributed by atoms with Crippen LogP contribution in [0.3, 0.4) is 0 Å². The first-order valence-electron chi connectivity index (χ1n) is 6.07. The van der Waals surface area contributed by atoms with Crippen molar-refractivity contribution in [3.05, 3.63) is 70.0 Å². The molecule has 2 aromatic carbocycles. The van der Waals surface area contributed by atoms with Gasteiger partial charge in [0.25, 0.3) is 0 Å². The maximum Gasteiger partial charge on any atom is 0.126 e.